The smallest absolute Gasteiger partial charge is 0.279 e. The highest BCUT2D eigenvalue weighted by Gasteiger charge is 2.14. The molecule has 3 rings (SSSR count). The second kappa shape index (κ2) is 7.62. The maximum absolute atomic E-state index is 12.6. The van der Waals surface area contributed by atoms with Crippen LogP contribution in [0.15, 0.2) is 59.6 Å². The average Bonchev–Trinajstić information content (AvgIpc) is 3.00. The number of hydrogen-bond acceptors (Lipinski definition) is 2. The fourth-order valence-corrected chi connectivity index (χ4v) is 3.98. The number of aryl methyl sites for hydroxylation is 2. The minimum Gasteiger partial charge on any atom is -0.316 e. The van der Waals surface area contributed by atoms with Gasteiger partial charge in [-0.15, -0.1) is 11.3 Å². The molecule has 0 spiro atoms. The Bertz CT molecular complexity index is 934. The van der Waals surface area contributed by atoms with Gasteiger partial charge < -0.3 is 4.57 Å². The number of amides is 1. The number of hydrogen-bond donors (Lipinski definition) is 0. The van der Waals surface area contributed by atoms with Crippen LogP contribution in [0.1, 0.15) is 34.6 Å². The Labute approximate surface area is 152 Å². The first-order valence-electron chi connectivity index (χ1n) is 8.57. The average molecular weight is 350 g/mol. The molecule has 0 unspecified atom stereocenters. The highest BCUT2D eigenvalue weighted by molar-refractivity contribution is 7.09. The normalized spacial score (nSPS) is 11.7. The highest BCUT2D eigenvalue weighted by Crippen LogP contribution is 2.26. The zero-order valence-electron chi connectivity index (χ0n) is 14.8. The molecule has 0 bridgehead atoms. The first-order chi connectivity index (χ1) is 12.1. The van der Waals surface area contributed by atoms with Crippen LogP contribution in [0.2, 0.25) is 0 Å². The minimum absolute atomic E-state index is 0.189. The summed E-state index contributed by atoms with van der Waals surface area (Å²) in [5.74, 6) is -0.189. The van der Waals surface area contributed by atoms with Gasteiger partial charge >= 0.3 is 0 Å². The SMILES string of the molecule is CCc1sc(=NC(=O)c2ccc(C)cc2)n(CC)c1-c1ccccc1. The maximum Gasteiger partial charge on any atom is 0.279 e. The van der Waals surface area contributed by atoms with Gasteiger partial charge in [-0.25, -0.2) is 0 Å². The van der Waals surface area contributed by atoms with Crippen LogP contribution < -0.4 is 4.80 Å². The van der Waals surface area contributed by atoms with E-state index in [2.05, 4.69) is 35.5 Å². The van der Waals surface area contributed by atoms with Gasteiger partial charge in [-0.3, -0.25) is 4.79 Å². The molecule has 0 aliphatic rings. The van der Waals surface area contributed by atoms with Gasteiger partial charge in [0.2, 0.25) is 0 Å². The molecule has 3 nitrogen and oxygen atoms in total. The summed E-state index contributed by atoms with van der Waals surface area (Å²) in [5.41, 5.74) is 4.10. The monoisotopic (exact) mass is 350 g/mol. The second-order valence-corrected chi connectivity index (χ2v) is 6.97. The summed E-state index contributed by atoms with van der Waals surface area (Å²) in [6.07, 6.45) is 0.920. The first-order valence-corrected chi connectivity index (χ1v) is 9.39. The van der Waals surface area contributed by atoms with Crippen molar-refractivity contribution in [2.75, 3.05) is 0 Å². The van der Waals surface area contributed by atoms with Crippen molar-refractivity contribution in [2.24, 2.45) is 4.99 Å². The summed E-state index contributed by atoms with van der Waals surface area (Å²) in [6, 6.07) is 17.9. The number of aromatic nitrogens is 1. The van der Waals surface area contributed by atoms with Gasteiger partial charge in [0.1, 0.15) is 0 Å². The van der Waals surface area contributed by atoms with Gasteiger partial charge in [0.25, 0.3) is 5.91 Å². The molecule has 0 N–H and O–H groups in total. The Morgan fingerprint density at radius 3 is 2.32 bits per heavy atom. The summed E-state index contributed by atoms with van der Waals surface area (Å²) in [4.78, 5) is 19.0. The molecule has 0 fully saturated rings. The van der Waals surface area contributed by atoms with E-state index in [1.165, 1.54) is 16.1 Å². The molecule has 2 aromatic carbocycles. The van der Waals surface area contributed by atoms with Gasteiger partial charge in [-0.2, -0.15) is 4.99 Å². The van der Waals surface area contributed by atoms with E-state index in [9.17, 15) is 4.79 Å². The topological polar surface area (TPSA) is 34.4 Å². The molecule has 0 saturated heterocycles. The standard InChI is InChI=1S/C21H22N2OS/c1-4-18-19(16-9-7-6-8-10-16)23(5-2)21(25-18)22-20(24)17-13-11-15(3)12-14-17/h6-14H,4-5H2,1-3H3. The van der Waals surface area contributed by atoms with Crippen molar-refractivity contribution in [2.45, 2.75) is 33.7 Å². The van der Waals surface area contributed by atoms with E-state index in [1.54, 1.807) is 11.3 Å². The Morgan fingerprint density at radius 2 is 1.72 bits per heavy atom. The first kappa shape index (κ1) is 17.4. The molecule has 0 atom stereocenters. The summed E-state index contributed by atoms with van der Waals surface area (Å²) in [6.45, 7) is 7.02. The molecule has 128 valence electrons. The van der Waals surface area contributed by atoms with Crippen LogP contribution in [0.3, 0.4) is 0 Å². The summed E-state index contributed by atoms with van der Waals surface area (Å²) < 4.78 is 2.14. The van der Waals surface area contributed by atoms with Crippen molar-refractivity contribution in [1.82, 2.24) is 4.57 Å². The van der Waals surface area contributed by atoms with Crippen LogP contribution >= 0.6 is 11.3 Å². The van der Waals surface area contributed by atoms with Crippen LogP contribution in [-0.4, -0.2) is 10.5 Å². The molecule has 0 radical (unpaired) electrons. The van der Waals surface area contributed by atoms with Gasteiger partial charge in [-0.1, -0.05) is 55.0 Å². The molecular formula is C21H22N2OS. The number of nitrogens with zero attached hydrogens (tertiary/aromatic N) is 2. The number of carbonyl (C=O) groups excluding carboxylic acids is 1. The van der Waals surface area contributed by atoms with Crippen molar-refractivity contribution in [3.63, 3.8) is 0 Å². The predicted octanol–water partition coefficient (Wildman–Crippen LogP) is 4.85. The van der Waals surface area contributed by atoms with Gasteiger partial charge in [0.05, 0.1) is 5.69 Å². The molecule has 0 aliphatic carbocycles. The van der Waals surface area contributed by atoms with Gasteiger partial charge in [0.15, 0.2) is 4.80 Å². The molecular weight excluding hydrogens is 328 g/mol. The quantitative estimate of drug-likeness (QED) is 0.662. The zero-order valence-corrected chi connectivity index (χ0v) is 15.6. The fourth-order valence-electron chi connectivity index (χ4n) is 2.84. The van der Waals surface area contributed by atoms with Crippen LogP contribution in [-0.2, 0) is 13.0 Å². The highest BCUT2D eigenvalue weighted by atomic mass is 32.1. The van der Waals surface area contributed by atoms with Crippen LogP contribution in [0, 0.1) is 6.92 Å². The number of thiazole rings is 1. The molecule has 25 heavy (non-hydrogen) atoms. The van der Waals surface area contributed by atoms with Crippen molar-refractivity contribution in [1.29, 1.82) is 0 Å². The second-order valence-electron chi connectivity index (χ2n) is 5.90. The predicted molar refractivity (Wildman–Crippen MR) is 104 cm³/mol. The van der Waals surface area contributed by atoms with E-state index in [1.807, 2.05) is 49.4 Å². The third-order valence-electron chi connectivity index (χ3n) is 4.16. The molecule has 3 aromatic rings. The fraction of sp³-hybridized carbons (Fsp3) is 0.238. The number of benzene rings is 2. The summed E-state index contributed by atoms with van der Waals surface area (Å²) in [5, 5.41) is 0. The molecule has 1 aromatic heterocycles. The molecule has 0 aliphatic heterocycles. The molecule has 1 amide bonds. The lowest BCUT2D eigenvalue weighted by Crippen LogP contribution is -2.17. The summed E-state index contributed by atoms with van der Waals surface area (Å²) in [7, 11) is 0. The Kier molecular flexibility index (Phi) is 5.29. The minimum atomic E-state index is -0.189. The van der Waals surface area contributed by atoms with Gasteiger partial charge in [-0.05, 0) is 38.0 Å². The Balaban J connectivity index is 2.12. The Hall–Kier alpha value is -2.46. The molecule has 0 saturated carbocycles. The van der Waals surface area contributed by atoms with Crippen LogP contribution in [0.4, 0.5) is 0 Å². The lowest BCUT2D eigenvalue weighted by Gasteiger charge is -2.08. The van der Waals surface area contributed by atoms with E-state index in [0.29, 0.717) is 5.56 Å². The zero-order chi connectivity index (χ0) is 17.8. The van der Waals surface area contributed by atoms with Crippen molar-refractivity contribution < 1.29 is 4.79 Å². The Morgan fingerprint density at radius 1 is 1.04 bits per heavy atom. The van der Waals surface area contributed by atoms with E-state index in [0.717, 1.165) is 23.3 Å². The van der Waals surface area contributed by atoms with E-state index in [4.69, 9.17) is 0 Å². The molecule has 4 heteroatoms. The summed E-state index contributed by atoms with van der Waals surface area (Å²) >= 11 is 1.61. The van der Waals surface area contributed by atoms with Crippen molar-refractivity contribution in [3.8, 4) is 11.3 Å². The van der Waals surface area contributed by atoms with Crippen LogP contribution in [0.25, 0.3) is 11.3 Å². The van der Waals surface area contributed by atoms with E-state index >= 15 is 0 Å². The lowest BCUT2D eigenvalue weighted by molar-refractivity contribution is 0.0998. The number of carbonyl (C=O) groups is 1. The van der Waals surface area contributed by atoms with Crippen molar-refractivity contribution >= 4 is 17.2 Å². The number of rotatable bonds is 4. The van der Waals surface area contributed by atoms with Gasteiger partial charge in [0, 0.05) is 17.0 Å². The van der Waals surface area contributed by atoms with Crippen LogP contribution in [0.5, 0.6) is 0 Å². The third-order valence-corrected chi connectivity index (χ3v) is 5.38. The lowest BCUT2D eigenvalue weighted by atomic mass is 10.1. The third kappa shape index (κ3) is 3.64. The maximum atomic E-state index is 12.6. The van der Waals surface area contributed by atoms with Crippen molar-refractivity contribution in [3.05, 3.63) is 75.4 Å². The largest absolute Gasteiger partial charge is 0.316 e. The van der Waals surface area contributed by atoms with E-state index < -0.39 is 0 Å². The van der Waals surface area contributed by atoms with E-state index in [-0.39, 0.29) is 5.91 Å². The molecule has 1 heterocycles.